The molecule has 1 aliphatic heterocycles. The Morgan fingerprint density at radius 3 is 2.92 bits per heavy atom. The highest BCUT2D eigenvalue weighted by molar-refractivity contribution is 6.03. The molecule has 0 aliphatic carbocycles. The van der Waals surface area contributed by atoms with Gasteiger partial charge in [-0.3, -0.25) is 9.89 Å². The van der Waals surface area contributed by atoms with Crippen LogP contribution in [-0.2, 0) is 19.5 Å². The van der Waals surface area contributed by atoms with Crippen molar-refractivity contribution in [3.63, 3.8) is 0 Å². The summed E-state index contributed by atoms with van der Waals surface area (Å²) < 4.78 is 1.81. The zero-order valence-corrected chi connectivity index (χ0v) is 15.3. The third kappa shape index (κ3) is 3.63. The fraction of sp³-hybridized carbons (Fsp3) is 0.278. The zero-order valence-electron chi connectivity index (χ0n) is 14.5. The Morgan fingerprint density at radius 1 is 1.31 bits per heavy atom. The Hall–Kier alpha value is -2.64. The summed E-state index contributed by atoms with van der Waals surface area (Å²) in [6, 6.07) is 11.9. The highest BCUT2D eigenvalue weighted by Gasteiger charge is 2.22. The molecule has 1 amide bonds. The van der Waals surface area contributed by atoms with Crippen LogP contribution in [0.4, 0.5) is 5.82 Å². The van der Waals surface area contributed by atoms with Gasteiger partial charge in [-0.2, -0.15) is 10.2 Å². The van der Waals surface area contributed by atoms with Gasteiger partial charge in [-0.05, 0) is 12.5 Å². The second kappa shape index (κ2) is 7.72. The van der Waals surface area contributed by atoms with Crippen molar-refractivity contribution in [2.24, 2.45) is 0 Å². The van der Waals surface area contributed by atoms with Crippen LogP contribution < -0.4 is 10.6 Å². The smallest absolute Gasteiger partial charge is 0.277 e. The number of amides is 1. The van der Waals surface area contributed by atoms with Gasteiger partial charge in [0.2, 0.25) is 0 Å². The third-order valence-electron chi connectivity index (χ3n) is 4.34. The summed E-state index contributed by atoms with van der Waals surface area (Å²) in [4.78, 5) is 12.7. The van der Waals surface area contributed by atoms with Crippen LogP contribution in [0.5, 0.6) is 0 Å². The first kappa shape index (κ1) is 18.2. The number of aromatic amines is 1. The van der Waals surface area contributed by atoms with E-state index in [2.05, 4.69) is 25.9 Å². The molecule has 0 atom stereocenters. The largest absolute Gasteiger partial charge is 0.312 e. The maximum absolute atomic E-state index is 12.7. The van der Waals surface area contributed by atoms with Crippen molar-refractivity contribution in [2.75, 3.05) is 11.9 Å². The number of rotatable bonds is 4. The quantitative estimate of drug-likeness (QED) is 0.655. The van der Waals surface area contributed by atoms with E-state index < -0.39 is 0 Å². The second-order valence-corrected chi connectivity index (χ2v) is 6.22. The van der Waals surface area contributed by atoms with Crippen molar-refractivity contribution in [3.8, 4) is 0 Å². The molecule has 1 aromatic carbocycles. The Balaban J connectivity index is 0.00000196. The van der Waals surface area contributed by atoms with E-state index in [0.29, 0.717) is 24.6 Å². The first-order valence-electron chi connectivity index (χ1n) is 8.37. The number of H-pyrrole nitrogens is 1. The first-order chi connectivity index (χ1) is 12.2. The number of fused-ring (bicyclic) bond motifs is 1. The van der Waals surface area contributed by atoms with Gasteiger partial charge in [0, 0.05) is 36.8 Å². The van der Waals surface area contributed by atoms with Crippen LogP contribution in [-0.4, -0.2) is 32.4 Å². The number of nitrogens with zero attached hydrogens (tertiary/aromatic N) is 3. The lowest BCUT2D eigenvalue weighted by Crippen LogP contribution is -2.25. The number of nitrogens with one attached hydrogen (secondary N) is 3. The zero-order chi connectivity index (χ0) is 17.2. The highest BCUT2D eigenvalue weighted by Crippen LogP contribution is 2.18. The van der Waals surface area contributed by atoms with Gasteiger partial charge in [0.1, 0.15) is 5.82 Å². The lowest BCUT2D eigenvalue weighted by atomic mass is 10.1. The Kier molecular flexibility index (Phi) is 5.39. The van der Waals surface area contributed by atoms with Crippen molar-refractivity contribution in [2.45, 2.75) is 26.4 Å². The monoisotopic (exact) mass is 372 g/mol. The number of halogens is 1. The summed E-state index contributed by atoms with van der Waals surface area (Å²) in [5, 5.41) is 17.9. The molecule has 2 aromatic heterocycles. The standard InChI is InChI=1S/C18H20N6O.ClH/c1-12-9-16(24(23-12)11-13-5-3-2-4-6-13)20-18(25)17-14-10-19-8-7-15(14)21-22-17;/h2-6,9,19H,7-8,10-11H2,1H3,(H,20,25)(H,21,22);1H. The number of hydrogen-bond acceptors (Lipinski definition) is 4. The van der Waals surface area contributed by atoms with E-state index in [1.807, 2.05) is 43.3 Å². The van der Waals surface area contributed by atoms with Crippen molar-refractivity contribution in [1.82, 2.24) is 25.3 Å². The topological polar surface area (TPSA) is 87.6 Å². The van der Waals surface area contributed by atoms with E-state index in [9.17, 15) is 4.79 Å². The van der Waals surface area contributed by atoms with Crippen molar-refractivity contribution >= 4 is 24.1 Å². The molecule has 0 unspecified atom stereocenters. The third-order valence-corrected chi connectivity index (χ3v) is 4.34. The second-order valence-electron chi connectivity index (χ2n) is 6.22. The molecule has 0 radical (unpaired) electrons. The van der Waals surface area contributed by atoms with Crippen LogP contribution >= 0.6 is 12.4 Å². The van der Waals surface area contributed by atoms with Gasteiger partial charge in [-0.25, -0.2) is 4.68 Å². The Bertz CT molecular complexity index is 902. The molecular formula is C18H21ClN6O. The van der Waals surface area contributed by atoms with Crippen LogP contribution in [0.25, 0.3) is 0 Å². The van der Waals surface area contributed by atoms with Gasteiger partial charge in [0.05, 0.1) is 12.2 Å². The molecular weight excluding hydrogens is 352 g/mol. The van der Waals surface area contributed by atoms with Crippen LogP contribution in [0.3, 0.4) is 0 Å². The summed E-state index contributed by atoms with van der Waals surface area (Å²) >= 11 is 0. The van der Waals surface area contributed by atoms with Crippen molar-refractivity contribution < 1.29 is 4.79 Å². The summed E-state index contributed by atoms with van der Waals surface area (Å²) in [7, 11) is 0. The van der Waals surface area contributed by atoms with E-state index in [1.54, 1.807) is 4.68 Å². The number of aryl methyl sites for hydroxylation is 1. The molecule has 1 aliphatic rings. The van der Waals surface area contributed by atoms with E-state index in [1.165, 1.54) is 0 Å². The molecule has 4 rings (SSSR count). The average molecular weight is 373 g/mol. The number of carbonyl (C=O) groups excluding carboxylic acids is 1. The van der Waals surface area contributed by atoms with E-state index >= 15 is 0 Å². The summed E-state index contributed by atoms with van der Waals surface area (Å²) in [6.45, 7) is 4.08. The maximum atomic E-state index is 12.7. The first-order valence-corrected chi connectivity index (χ1v) is 8.37. The lowest BCUT2D eigenvalue weighted by Gasteiger charge is -2.13. The van der Waals surface area contributed by atoms with Crippen LogP contribution in [0.1, 0.15) is 33.0 Å². The minimum atomic E-state index is -0.213. The summed E-state index contributed by atoms with van der Waals surface area (Å²) in [5.74, 6) is 0.460. The molecule has 0 fully saturated rings. The van der Waals surface area contributed by atoms with E-state index in [4.69, 9.17) is 0 Å². The van der Waals surface area contributed by atoms with Gasteiger partial charge in [-0.15, -0.1) is 12.4 Å². The summed E-state index contributed by atoms with van der Waals surface area (Å²) in [5.41, 5.74) is 4.43. The van der Waals surface area contributed by atoms with E-state index in [-0.39, 0.29) is 18.3 Å². The van der Waals surface area contributed by atoms with Crippen LogP contribution in [0, 0.1) is 6.92 Å². The minimum absolute atomic E-state index is 0. The molecule has 136 valence electrons. The predicted octanol–water partition coefficient (Wildman–Crippen LogP) is 2.28. The molecule has 0 spiro atoms. The highest BCUT2D eigenvalue weighted by atomic mass is 35.5. The normalized spacial score (nSPS) is 13.0. The van der Waals surface area contributed by atoms with Gasteiger partial charge in [0.15, 0.2) is 5.69 Å². The Morgan fingerprint density at radius 2 is 2.12 bits per heavy atom. The number of benzene rings is 1. The fourth-order valence-electron chi connectivity index (χ4n) is 3.11. The van der Waals surface area contributed by atoms with Gasteiger partial charge < -0.3 is 10.6 Å². The minimum Gasteiger partial charge on any atom is -0.312 e. The fourth-order valence-corrected chi connectivity index (χ4v) is 3.11. The van der Waals surface area contributed by atoms with Gasteiger partial charge in [-0.1, -0.05) is 30.3 Å². The lowest BCUT2D eigenvalue weighted by molar-refractivity contribution is 0.102. The molecule has 7 nitrogen and oxygen atoms in total. The van der Waals surface area contributed by atoms with Crippen LogP contribution in [0.15, 0.2) is 36.4 Å². The molecule has 3 N–H and O–H groups in total. The average Bonchev–Trinajstić information content (AvgIpc) is 3.19. The molecule has 3 aromatic rings. The molecule has 0 saturated heterocycles. The maximum Gasteiger partial charge on any atom is 0.277 e. The molecule has 0 saturated carbocycles. The van der Waals surface area contributed by atoms with Crippen LogP contribution in [0.2, 0.25) is 0 Å². The van der Waals surface area contributed by atoms with Crippen molar-refractivity contribution in [1.29, 1.82) is 0 Å². The molecule has 3 heterocycles. The predicted molar refractivity (Wildman–Crippen MR) is 102 cm³/mol. The number of hydrogen-bond donors (Lipinski definition) is 3. The Labute approximate surface area is 157 Å². The van der Waals surface area contributed by atoms with E-state index in [0.717, 1.165) is 35.5 Å². The SMILES string of the molecule is Cc1cc(NC(=O)c2n[nH]c3c2CNCC3)n(Cc2ccccc2)n1.Cl. The molecule has 0 bridgehead atoms. The molecule has 26 heavy (non-hydrogen) atoms. The number of aromatic nitrogens is 4. The molecule has 8 heteroatoms. The van der Waals surface area contributed by atoms with Gasteiger partial charge >= 0.3 is 0 Å². The number of anilines is 1. The van der Waals surface area contributed by atoms with Crippen molar-refractivity contribution in [3.05, 3.63) is 64.6 Å². The van der Waals surface area contributed by atoms with Gasteiger partial charge in [0.25, 0.3) is 5.91 Å². The summed E-state index contributed by atoms with van der Waals surface area (Å²) in [6.07, 6.45) is 0.862. The number of carbonyl (C=O) groups is 1.